The fraction of sp³-hybridized carbons (Fsp3) is 0.857. The summed E-state index contributed by atoms with van der Waals surface area (Å²) >= 11 is 0. The van der Waals surface area contributed by atoms with Crippen LogP contribution in [0.4, 0.5) is 0 Å². The van der Waals surface area contributed by atoms with Crippen LogP contribution in [-0.4, -0.2) is 19.5 Å². The van der Waals surface area contributed by atoms with Crippen LogP contribution in [0.15, 0.2) is 0 Å². The lowest BCUT2D eigenvalue weighted by molar-refractivity contribution is -0.109. The molecule has 0 rings (SSSR count). The van der Waals surface area contributed by atoms with Gasteiger partial charge in [0.15, 0.2) is 0 Å². The van der Waals surface area contributed by atoms with Crippen molar-refractivity contribution in [3.8, 4) is 0 Å². The van der Waals surface area contributed by atoms with E-state index in [0.29, 0.717) is 0 Å². The SMILES string of the molecule is NCCCCCCNC=O. The van der Waals surface area contributed by atoms with E-state index in [2.05, 4.69) is 5.32 Å². The standard InChI is InChI=1S/C7H16N2O/c8-5-3-1-2-4-6-9-7-10/h7H,1-6,8H2,(H,9,10). The average Bonchev–Trinajstić information content (AvgIpc) is 1.97. The van der Waals surface area contributed by atoms with Gasteiger partial charge < -0.3 is 11.1 Å². The molecule has 3 N–H and O–H groups in total. The largest absolute Gasteiger partial charge is 0.359 e. The Morgan fingerprint density at radius 3 is 2.50 bits per heavy atom. The molecule has 0 aromatic carbocycles. The maximum absolute atomic E-state index is 9.76. The third kappa shape index (κ3) is 7.43. The second-order valence-corrected chi connectivity index (χ2v) is 2.27. The average molecular weight is 144 g/mol. The van der Waals surface area contributed by atoms with E-state index in [9.17, 15) is 4.79 Å². The van der Waals surface area contributed by atoms with E-state index in [4.69, 9.17) is 5.73 Å². The summed E-state index contributed by atoms with van der Waals surface area (Å²) < 4.78 is 0. The second kappa shape index (κ2) is 8.43. The summed E-state index contributed by atoms with van der Waals surface area (Å²) in [7, 11) is 0. The van der Waals surface area contributed by atoms with Crippen molar-refractivity contribution < 1.29 is 4.79 Å². The topological polar surface area (TPSA) is 55.1 Å². The van der Waals surface area contributed by atoms with Crippen LogP contribution in [0.3, 0.4) is 0 Å². The predicted molar refractivity (Wildman–Crippen MR) is 41.6 cm³/mol. The summed E-state index contributed by atoms with van der Waals surface area (Å²) in [5, 5.41) is 2.61. The first-order chi connectivity index (χ1) is 4.91. The maximum atomic E-state index is 9.76. The molecule has 0 heterocycles. The van der Waals surface area contributed by atoms with Crippen molar-refractivity contribution in [1.82, 2.24) is 5.32 Å². The molecule has 0 atom stereocenters. The highest BCUT2D eigenvalue weighted by Crippen LogP contribution is 1.96. The Kier molecular flexibility index (Phi) is 7.95. The first-order valence-corrected chi connectivity index (χ1v) is 3.79. The molecule has 0 radical (unpaired) electrons. The lowest BCUT2D eigenvalue weighted by atomic mass is 10.2. The van der Waals surface area contributed by atoms with Gasteiger partial charge in [0.1, 0.15) is 0 Å². The van der Waals surface area contributed by atoms with E-state index in [-0.39, 0.29) is 0 Å². The zero-order valence-corrected chi connectivity index (χ0v) is 6.31. The molecule has 3 heteroatoms. The zero-order chi connectivity index (χ0) is 7.66. The molecule has 0 bridgehead atoms. The van der Waals surface area contributed by atoms with Crippen molar-refractivity contribution in [2.24, 2.45) is 5.73 Å². The van der Waals surface area contributed by atoms with Crippen LogP contribution in [-0.2, 0) is 4.79 Å². The Labute approximate surface area is 62.0 Å². The molecule has 0 saturated heterocycles. The lowest BCUT2D eigenvalue weighted by Crippen LogP contribution is -2.11. The summed E-state index contributed by atoms with van der Waals surface area (Å²) in [4.78, 5) is 9.76. The molecule has 0 spiro atoms. The number of nitrogens with two attached hydrogens (primary N) is 1. The summed E-state index contributed by atoms with van der Waals surface area (Å²) in [5.74, 6) is 0. The molecule has 60 valence electrons. The number of carbonyl (C=O) groups is 1. The molecule has 10 heavy (non-hydrogen) atoms. The summed E-state index contributed by atoms with van der Waals surface area (Å²) in [5.41, 5.74) is 5.30. The molecule has 0 saturated carbocycles. The number of rotatable bonds is 7. The number of carbonyl (C=O) groups excluding carboxylic acids is 1. The van der Waals surface area contributed by atoms with Crippen molar-refractivity contribution >= 4 is 6.41 Å². The number of nitrogens with one attached hydrogen (secondary N) is 1. The van der Waals surface area contributed by atoms with E-state index in [1.807, 2.05) is 0 Å². The van der Waals surface area contributed by atoms with Crippen LogP contribution in [0, 0.1) is 0 Å². The summed E-state index contributed by atoms with van der Waals surface area (Å²) in [6, 6.07) is 0. The molecule has 0 fully saturated rings. The molecule has 0 aromatic rings. The van der Waals surface area contributed by atoms with Crippen LogP contribution < -0.4 is 11.1 Å². The van der Waals surface area contributed by atoms with Crippen LogP contribution in [0.1, 0.15) is 25.7 Å². The first kappa shape index (κ1) is 9.43. The maximum Gasteiger partial charge on any atom is 0.207 e. The Bertz CT molecular complexity index is 76.0. The first-order valence-electron chi connectivity index (χ1n) is 3.79. The van der Waals surface area contributed by atoms with Crippen LogP contribution in [0.25, 0.3) is 0 Å². The van der Waals surface area contributed by atoms with Gasteiger partial charge >= 0.3 is 0 Å². The Morgan fingerprint density at radius 1 is 1.20 bits per heavy atom. The lowest BCUT2D eigenvalue weighted by Gasteiger charge is -1.97. The van der Waals surface area contributed by atoms with E-state index >= 15 is 0 Å². The highest BCUT2D eigenvalue weighted by atomic mass is 16.1. The van der Waals surface area contributed by atoms with Gasteiger partial charge in [-0.1, -0.05) is 12.8 Å². The van der Waals surface area contributed by atoms with Crippen molar-refractivity contribution in [2.45, 2.75) is 25.7 Å². The quantitative estimate of drug-likeness (QED) is 0.397. The Morgan fingerprint density at radius 2 is 1.90 bits per heavy atom. The molecule has 3 nitrogen and oxygen atoms in total. The van der Waals surface area contributed by atoms with Crippen LogP contribution in [0.2, 0.25) is 0 Å². The van der Waals surface area contributed by atoms with Gasteiger partial charge in [-0.2, -0.15) is 0 Å². The van der Waals surface area contributed by atoms with Crippen LogP contribution >= 0.6 is 0 Å². The van der Waals surface area contributed by atoms with Gasteiger partial charge in [0.2, 0.25) is 6.41 Å². The fourth-order valence-electron chi connectivity index (χ4n) is 0.784. The minimum atomic E-state index is 0.739. The van der Waals surface area contributed by atoms with Gasteiger partial charge in [0, 0.05) is 6.54 Å². The highest BCUT2D eigenvalue weighted by Gasteiger charge is 1.86. The monoisotopic (exact) mass is 144 g/mol. The van der Waals surface area contributed by atoms with E-state index in [0.717, 1.165) is 38.8 Å². The molecule has 0 aliphatic heterocycles. The number of hydrogen-bond acceptors (Lipinski definition) is 2. The Balaban J connectivity index is 2.70. The minimum Gasteiger partial charge on any atom is -0.359 e. The van der Waals surface area contributed by atoms with Gasteiger partial charge in [-0.3, -0.25) is 4.79 Å². The van der Waals surface area contributed by atoms with E-state index in [1.54, 1.807) is 0 Å². The van der Waals surface area contributed by atoms with Gasteiger partial charge in [-0.15, -0.1) is 0 Å². The summed E-state index contributed by atoms with van der Waals surface area (Å²) in [6.07, 6.45) is 5.25. The molecular weight excluding hydrogens is 128 g/mol. The zero-order valence-electron chi connectivity index (χ0n) is 6.31. The van der Waals surface area contributed by atoms with Gasteiger partial charge in [-0.05, 0) is 19.4 Å². The molecule has 0 aliphatic carbocycles. The smallest absolute Gasteiger partial charge is 0.207 e. The molecule has 1 amide bonds. The highest BCUT2D eigenvalue weighted by molar-refractivity contribution is 5.45. The third-order valence-electron chi connectivity index (χ3n) is 1.36. The molecule has 0 aromatic heterocycles. The molecule has 0 aliphatic rings. The third-order valence-corrected chi connectivity index (χ3v) is 1.36. The predicted octanol–water partition coefficient (Wildman–Crippen LogP) is 0.252. The number of unbranched alkanes of at least 4 members (excludes halogenated alkanes) is 3. The Hall–Kier alpha value is -0.570. The van der Waals surface area contributed by atoms with Crippen molar-refractivity contribution in [3.63, 3.8) is 0 Å². The fourth-order valence-corrected chi connectivity index (χ4v) is 0.784. The summed E-state index contributed by atoms with van der Waals surface area (Å²) in [6.45, 7) is 1.58. The second-order valence-electron chi connectivity index (χ2n) is 2.27. The number of hydrogen-bond donors (Lipinski definition) is 2. The van der Waals surface area contributed by atoms with Gasteiger partial charge in [0.05, 0.1) is 0 Å². The van der Waals surface area contributed by atoms with Crippen LogP contribution in [0.5, 0.6) is 0 Å². The van der Waals surface area contributed by atoms with Gasteiger partial charge in [-0.25, -0.2) is 0 Å². The molecular formula is C7H16N2O. The van der Waals surface area contributed by atoms with Crippen molar-refractivity contribution in [1.29, 1.82) is 0 Å². The normalized spacial score (nSPS) is 9.30. The number of amides is 1. The van der Waals surface area contributed by atoms with Gasteiger partial charge in [0.25, 0.3) is 0 Å². The van der Waals surface area contributed by atoms with E-state index in [1.165, 1.54) is 6.42 Å². The van der Waals surface area contributed by atoms with Crippen molar-refractivity contribution in [3.05, 3.63) is 0 Å². The molecule has 0 unspecified atom stereocenters. The minimum absolute atomic E-state index is 0.739. The van der Waals surface area contributed by atoms with Crippen molar-refractivity contribution in [2.75, 3.05) is 13.1 Å². The van der Waals surface area contributed by atoms with E-state index < -0.39 is 0 Å².